The Bertz CT molecular complexity index is 1170. The Morgan fingerprint density at radius 3 is 2.50 bits per heavy atom. The Balaban J connectivity index is 1.37. The lowest BCUT2D eigenvalue weighted by atomic mass is 10.1. The number of nitrogens with zero attached hydrogens (tertiary/aromatic N) is 3. The van der Waals surface area contributed by atoms with E-state index in [9.17, 15) is 14.4 Å². The van der Waals surface area contributed by atoms with Gasteiger partial charge in [-0.1, -0.05) is 0 Å². The van der Waals surface area contributed by atoms with Gasteiger partial charge in [-0.2, -0.15) is 5.10 Å². The van der Waals surface area contributed by atoms with E-state index >= 15 is 0 Å². The highest BCUT2D eigenvalue weighted by molar-refractivity contribution is 6.07. The van der Waals surface area contributed by atoms with Gasteiger partial charge in [-0.3, -0.25) is 14.3 Å². The van der Waals surface area contributed by atoms with Crippen molar-refractivity contribution in [3.63, 3.8) is 0 Å². The molecule has 0 aliphatic carbocycles. The van der Waals surface area contributed by atoms with E-state index in [4.69, 9.17) is 9.15 Å². The average Bonchev–Trinajstić information content (AvgIpc) is 3.49. The first kappa shape index (κ1) is 23.1. The molecule has 178 valence electrons. The summed E-state index contributed by atoms with van der Waals surface area (Å²) in [6.45, 7) is 1.49. The molecule has 3 aromatic rings. The second-order valence-corrected chi connectivity index (χ2v) is 7.91. The number of aromatic nitrogens is 2. The van der Waals surface area contributed by atoms with Crippen LogP contribution >= 0.6 is 0 Å². The number of esters is 1. The maximum atomic E-state index is 13.0. The molecule has 0 unspecified atom stereocenters. The molecule has 0 atom stereocenters. The molecule has 1 N–H and O–H groups in total. The second-order valence-electron chi connectivity index (χ2n) is 7.91. The maximum Gasteiger partial charge on any atom is 0.337 e. The lowest BCUT2D eigenvalue weighted by Gasteiger charge is -2.27. The number of methoxy groups -OCH3 is 1. The SMILES string of the molecule is COC(=O)c1ccc(OCc2ccc(C(=O)Nc3cnn(C)c3C(=O)N3CCCCC3)o2)cc1. The number of rotatable bonds is 7. The van der Waals surface area contributed by atoms with Crippen LogP contribution in [0.15, 0.2) is 47.0 Å². The van der Waals surface area contributed by atoms with Gasteiger partial charge in [-0.25, -0.2) is 4.79 Å². The van der Waals surface area contributed by atoms with Crippen LogP contribution in [0.2, 0.25) is 0 Å². The first-order valence-corrected chi connectivity index (χ1v) is 11.0. The zero-order valence-corrected chi connectivity index (χ0v) is 19.1. The van der Waals surface area contributed by atoms with Crippen molar-refractivity contribution in [2.24, 2.45) is 7.05 Å². The Morgan fingerprint density at radius 2 is 1.79 bits per heavy atom. The summed E-state index contributed by atoms with van der Waals surface area (Å²) in [5.74, 6) is -0.0112. The zero-order chi connectivity index (χ0) is 24.1. The molecule has 0 bridgehead atoms. The molecule has 1 fully saturated rings. The van der Waals surface area contributed by atoms with Crippen LogP contribution in [-0.4, -0.2) is 52.7 Å². The van der Waals surface area contributed by atoms with Crippen molar-refractivity contribution in [2.45, 2.75) is 25.9 Å². The molecule has 0 spiro atoms. The van der Waals surface area contributed by atoms with Gasteiger partial charge in [0.2, 0.25) is 0 Å². The van der Waals surface area contributed by atoms with E-state index in [2.05, 4.69) is 15.2 Å². The minimum absolute atomic E-state index is 0.0832. The summed E-state index contributed by atoms with van der Waals surface area (Å²) in [5.41, 5.74) is 1.09. The summed E-state index contributed by atoms with van der Waals surface area (Å²) in [6.07, 6.45) is 4.51. The fourth-order valence-electron chi connectivity index (χ4n) is 3.75. The van der Waals surface area contributed by atoms with Gasteiger partial charge in [0, 0.05) is 20.1 Å². The summed E-state index contributed by atoms with van der Waals surface area (Å²) in [4.78, 5) is 39.0. The topological polar surface area (TPSA) is 116 Å². The summed E-state index contributed by atoms with van der Waals surface area (Å²) >= 11 is 0. The van der Waals surface area contributed by atoms with Gasteiger partial charge < -0.3 is 24.1 Å². The quantitative estimate of drug-likeness (QED) is 0.531. The van der Waals surface area contributed by atoms with Crippen LogP contribution in [0.4, 0.5) is 5.69 Å². The van der Waals surface area contributed by atoms with Crippen molar-refractivity contribution < 1.29 is 28.3 Å². The number of ether oxygens (including phenoxy) is 2. The molecule has 1 aliphatic heterocycles. The van der Waals surface area contributed by atoms with Gasteiger partial charge in [-0.05, 0) is 55.7 Å². The van der Waals surface area contributed by atoms with Gasteiger partial charge in [0.25, 0.3) is 11.8 Å². The average molecular weight is 466 g/mol. The van der Waals surface area contributed by atoms with E-state index in [1.54, 1.807) is 42.3 Å². The van der Waals surface area contributed by atoms with Gasteiger partial charge in [0.1, 0.15) is 23.8 Å². The third-order valence-corrected chi connectivity index (χ3v) is 5.57. The van der Waals surface area contributed by atoms with Crippen molar-refractivity contribution in [3.05, 3.63) is 65.4 Å². The maximum absolute atomic E-state index is 13.0. The van der Waals surface area contributed by atoms with Crippen molar-refractivity contribution >= 4 is 23.5 Å². The van der Waals surface area contributed by atoms with Gasteiger partial charge in [0.15, 0.2) is 5.76 Å². The summed E-state index contributed by atoms with van der Waals surface area (Å²) in [7, 11) is 2.99. The molecule has 4 rings (SSSR count). The number of likely N-dealkylation sites (tertiary alicyclic amines) is 1. The predicted molar refractivity (Wildman–Crippen MR) is 122 cm³/mol. The molecule has 0 saturated carbocycles. The number of benzene rings is 1. The van der Waals surface area contributed by atoms with E-state index in [1.807, 2.05) is 0 Å². The Hall–Kier alpha value is -4.08. The van der Waals surface area contributed by atoms with E-state index < -0.39 is 11.9 Å². The highest BCUT2D eigenvalue weighted by Gasteiger charge is 2.26. The number of amides is 2. The van der Waals surface area contributed by atoms with Crippen LogP contribution in [0.25, 0.3) is 0 Å². The van der Waals surface area contributed by atoms with E-state index in [0.717, 1.165) is 19.3 Å². The molecule has 2 amide bonds. The van der Waals surface area contributed by atoms with Crippen LogP contribution in [0, 0.1) is 0 Å². The Kier molecular flexibility index (Phi) is 6.95. The van der Waals surface area contributed by atoms with Crippen LogP contribution in [0.5, 0.6) is 5.75 Å². The van der Waals surface area contributed by atoms with Crippen molar-refractivity contribution in [1.29, 1.82) is 0 Å². The smallest absolute Gasteiger partial charge is 0.337 e. The van der Waals surface area contributed by atoms with Gasteiger partial charge >= 0.3 is 5.97 Å². The van der Waals surface area contributed by atoms with Crippen molar-refractivity contribution in [3.8, 4) is 5.75 Å². The number of carbonyl (C=O) groups is 3. The molecule has 0 radical (unpaired) electrons. The van der Waals surface area contributed by atoms with E-state index in [0.29, 0.717) is 41.5 Å². The molecular weight excluding hydrogens is 440 g/mol. The highest BCUT2D eigenvalue weighted by atomic mass is 16.5. The molecule has 1 aliphatic rings. The monoisotopic (exact) mass is 466 g/mol. The zero-order valence-electron chi connectivity index (χ0n) is 19.1. The summed E-state index contributed by atoms with van der Waals surface area (Å²) in [6, 6.07) is 9.66. The third-order valence-electron chi connectivity index (χ3n) is 5.57. The normalized spacial score (nSPS) is 13.4. The number of carbonyl (C=O) groups excluding carboxylic acids is 3. The lowest BCUT2D eigenvalue weighted by molar-refractivity contribution is 0.0600. The number of furan rings is 1. The number of nitrogens with one attached hydrogen (secondary N) is 1. The molecular formula is C24H26N4O6. The molecule has 34 heavy (non-hydrogen) atoms. The van der Waals surface area contributed by atoms with Gasteiger partial charge in [0.05, 0.1) is 24.6 Å². The van der Waals surface area contributed by atoms with Crippen LogP contribution in [0.1, 0.15) is 56.4 Å². The highest BCUT2D eigenvalue weighted by Crippen LogP contribution is 2.21. The van der Waals surface area contributed by atoms with E-state index in [1.165, 1.54) is 24.1 Å². The lowest BCUT2D eigenvalue weighted by Crippen LogP contribution is -2.37. The van der Waals surface area contributed by atoms with Crippen LogP contribution in [0.3, 0.4) is 0 Å². The molecule has 1 aromatic carbocycles. The van der Waals surface area contributed by atoms with Gasteiger partial charge in [-0.15, -0.1) is 0 Å². The van der Waals surface area contributed by atoms with Crippen LogP contribution in [-0.2, 0) is 18.4 Å². The van der Waals surface area contributed by atoms with Crippen molar-refractivity contribution in [2.75, 3.05) is 25.5 Å². The first-order chi connectivity index (χ1) is 16.5. The Morgan fingerprint density at radius 1 is 1.06 bits per heavy atom. The number of hydrogen-bond acceptors (Lipinski definition) is 7. The number of anilines is 1. The molecule has 1 saturated heterocycles. The van der Waals surface area contributed by atoms with Crippen LogP contribution < -0.4 is 10.1 Å². The standard InChI is InChI=1S/C24H26N4O6/c1-27-21(23(30)28-12-4-3-5-13-28)19(14-25-27)26-22(29)20-11-10-18(34-20)15-33-17-8-6-16(7-9-17)24(31)32-2/h6-11,14H,3-5,12-13,15H2,1-2H3,(H,26,29). The second kappa shape index (κ2) is 10.2. The summed E-state index contributed by atoms with van der Waals surface area (Å²) < 4.78 is 17.4. The minimum atomic E-state index is -0.491. The van der Waals surface area contributed by atoms with Crippen molar-refractivity contribution in [1.82, 2.24) is 14.7 Å². The summed E-state index contributed by atoms with van der Waals surface area (Å²) in [5, 5.41) is 6.87. The molecule has 3 heterocycles. The molecule has 10 nitrogen and oxygen atoms in total. The Labute approximate surface area is 196 Å². The number of hydrogen-bond donors (Lipinski definition) is 1. The minimum Gasteiger partial charge on any atom is -0.486 e. The molecule has 10 heteroatoms. The first-order valence-electron chi connectivity index (χ1n) is 11.0. The largest absolute Gasteiger partial charge is 0.486 e. The fraction of sp³-hybridized carbons (Fsp3) is 0.333. The fourth-order valence-corrected chi connectivity index (χ4v) is 3.75. The van der Waals surface area contributed by atoms with E-state index in [-0.39, 0.29) is 18.3 Å². The predicted octanol–water partition coefficient (Wildman–Crippen LogP) is 3.26. The number of piperidine rings is 1. The number of aryl methyl sites for hydroxylation is 1. The molecule has 2 aromatic heterocycles. The third kappa shape index (κ3) is 5.11.